The third-order valence-electron chi connectivity index (χ3n) is 1.07. The molecule has 0 rings (SSSR count). The molecular weight excluding hydrogens is 132 g/mol. The zero-order valence-corrected chi connectivity index (χ0v) is 7.42. The van der Waals surface area contributed by atoms with Crippen molar-refractivity contribution in [3.63, 3.8) is 0 Å². The summed E-state index contributed by atoms with van der Waals surface area (Å²) >= 11 is 0. The molecule has 1 nitrogen and oxygen atoms in total. The topological polar surface area (TPSA) is 17.1 Å². The molecule has 0 saturated heterocycles. The lowest BCUT2D eigenvalue weighted by Gasteiger charge is -1.99. The summed E-state index contributed by atoms with van der Waals surface area (Å²) in [6.07, 6.45) is 4.20. The maximum Gasteiger partial charge on any atom is 0.184 e. The molecule has 0 saturated carbocycles. The van der Waals surface area contributed by atoms with Crippen molar-refractivity contribution in [2.45, 2.75) is 13.8 Å². The van der Waals surface area contributed by atoms with E-state index < -0.39 is 0 Å². The van der Waals surface area contributed by atoms with Crippen LogP contribution in [0.25, 0.3) is 0 Å². The van der Waals surface area contributed by atoms with Gasteiger partial charge in [0.2, 0.25) is 0 Å². The molecule has 0 aliphatic rings. The third-order valence-corrected chi connectivity index (χ3v) is 1.94. The van der Waals surface area contributed by atoms with Gasteiger partial charge in [0.1, 0.15) is 0 Å². The highest BCUT2D eigenvalue weighted by Gasteiger charge is 2.14. The molecule has 0 aromatic heterocycles. The molecule has 0 heterocycles. The van der Waals surface area contributed by atoms with Gasteiger partial charge in [-0.15, -0.1) is 0 Å². The van der Waals surface area contributed by atoms with Crippen molar-refractivity contribution in [3.05, 3.63) is 0 Å². The van der Waals surface area contributed by atoms with Crippen LogP contribution in [0.5, 0.6) is 0 Å². The molecule has 2 heteroatoms. The fourth-order valence-corrected chi connectivity index (χ4v) is 1.35. The number of carbonyl (C=O) groups is 1. The molecule has 0 aromatic carbocycles. The van der Waals surface area contributed by atoms with E-state index in [-0.39, 0.29) is 16.8 Å². The van der Waals surface area contributed by atoms with Crippen molar-refractivity contribution < 1.29 is 4.79 Å². The van der Waals surface area contributed by atoms with E-state index in [1.807, 2.05) is 13.8 Å². The Morgan fingerprint density at radius 2 is 1.89 bits per heavy atom. The molecule has 54 valence electrons. The molecule has 0 fully saturated rings. The Kier molecular flexibility index (Phi) is 3.95. The minimum absolute atomic E-state index is 0.222. The van der Waals surface area contributed by atoms with E-state index in [0.29, 0.717) is 5.78 Å². The van der Waals surface area contributed by atoms with Gasteiger partial charge in [-0.05, 0) is 10.9 Å². The summed E-state index contributed by atoms with van der Waals surface area (Å²) in [5.41, 5.74) is 0. The molecule has 0 bridgehead atoms. The van der Waals surface area contributed by atoms with Gasteiger partial charge in [-0.1, -0.05) is 13.8 Å². The summed E-state index contributed by atoms with van der Waals surface area (Å²) in [6, 6.07) is 0. The zero-order chi connectivity index (χ0) is 7.44. The fourth-order valence-electron chi connectivity index (χ4n) is 0.451. The first-order valence-corrected chi connectivity index (χ1v) is 5.32. The van der Waals surface area contributed by atoms with E-state index in [0.717, 1.165) is 5.75 Å². The molecule has 9 heavy (non-hydrogen) atoms. The second kappa shape index (κ2) is 3.94. The second-order valence-corrected chi connectivity index (χ2v) is 5.01. The molecule has 0 aliphatic heterocycles. The van der Waals surface area contributed by atoms with Crippen LogP contribution in [0, 0.1) is 5.92 Å². The Morgan fingerprint density at radius 3 is 2.00 bits per heavy atom. The van der Waals surface area contributed by atoms with E-state index in [1.54, 1.807) is 0 Å². The molecule has 0 atom stereocenters. The van der Waals surface area contributed by atoms with E-state index in [9.17, 15) is 4.79 Å². The monoisotopic (exact) mass is 147 g/mol. The predicted molar refractivity (Wildman–Crippen MR) is 43.9 cm³/mol. The van der Waals surface area contributed by atoms with Crippen molar-refractivity contribution in [3.8, 4) is 0 Å². The summed E-state index contributed by atoms with van der Waals surface area (Å²) in [5.74, 6) is 1.38. The van der Waals surface area contributed by atoms with E-state index in [2.05, 4.69) is 12.5 Å². The Labute approximate surface area is 60.2 Å². The highest BCUT2D eigenvalue weighted by Crippen LogP contribution is 1.96. The smallest absolute Gasteiger partial charge is 0.184 e. The van der Waals surface area contributed by atoms with Gasteiger partial charge in [-0.2, -0.15) is 0 Å². The maximum atomic E-state index is 11.0. The van der Waals surface area contributed by atoms with Crippen LogP contribution >= 0.6 is 0 Å². The second-order valence-electron chi connectivity index (χ2n) is 2.75. The van der Waals surface area contributed by atoms with Crippen molar-refractivity contribution in [2.75, 3.05) is 18.3 Å². The highest BCUT2D eigenvalue weighted by molar-refractivity contribution is 7.96. The lowest BCUT2D eigenvalue weighted by atomic mass is 10.1. The minimum atomic E-state index is 0.222. The summed E-state index contributed by atoms with van der Waals surface area (Å²) in [6.45, 7) is 3.91. The van der Waals surface area contributed by atoms with Crippen LogP contribution in [0.15, 0.2) is 0 Å². The molecule has 0 N–H and O–H groups in total. The van der Waals surface area contributed by atoms with Crippen molar-refractivity contribution in [2.24, 2.45) is 5.92 Å². The third kappa shape index (κ3) is 4.52. The Morgan fingerprint density at radius 1 is 1.44 bits per heavy atom. The summed E-state index contributed by atoms with van der Waals surface area (Å²) in [4.78, 5) is 11.0. The lowest BCUT2D eigenvalue weighted by molar-refractivity contribution is -0.119. The van der Waals surface area contributed by atoms with Crippen LogP contribution in [0.1, 0.15) is 13.8 Å². The van der Waals surface area contributed by atoms with Crippen molar-refractivity contribution in [1.82, 2.24) is 0 Å². The molecule has 0 unspecified atom stereocenters. The fraction of sp³-hybridized carbons (Fsp3) is 0.857. The number of hydrogen-bond donors (Lipinski definition) is 0. The number of ketones is 1. The zero-order valence-electron chi connectivity index (χ0n) is 6.60. The van der Waals surface area contributed by atoms with Gasteiger partial charge in [-0.25, -0.2) is 0 Å². The van der Waals surface area contributed by atoms with Gasteiger partial charge >= 0.3 is 0 Å². The quantitative estimate of drug-likeness (QED) is 0.546. The number of hydrogen-bond acceptors (Lipinski definition) is 1. The first-order valence-electron chi connectivity index (χ1n) is 3.11. The van der Waals surface area contributed by atoms with Gasteiger partial charge in [0.05, 0.1) is 12.5 Å². The number of rotatable bonds is 3. The molecule has 0 radical (unpaired) electrons. The number of carbonyl (C=O) groups excluding carboxylic acids is 1. The van der Waals surface area contributed by atoms with E-state index >= 15 is 0 Å². The maximum absolute atomic E-state index is 11.0. The average Bonchev–Trinajstić information content (AvgIpc) is 1.63. The van der Waals surface area contributed by atoms with E-state index in [1.165, 1.54) is 0 Å². The van der Waals surface area contributed by atoms with Crippen molar-refractivity contribution in [1.29, 1.82) is 0 Å². The van der Waals surface area contributed by atoms with Crippen molar-refractivity contribution >= 4 is 16.7 Å². The van der Waals surface area contributed by atoms with E-state index in [4.69, 9.17) is 0 Å². The molecular formula is C7H15OS+. The summed E-state index contributed by atoms with van der Waals surface area (Å²) < 4.78 is 0. The molecule has 0 aromatic rings. The summed E-state index contributed by atoms with van der Waals surface area (Å²) in [7, 11) is 0.284. The SMILES string of the molecule is CC(C)C(=O)C[S+](C)C. The van der Waals surface area contributed by atoms with Gasteiger partial charge in [-0.3, -0.25) is 4.79 Å². The minimum Gasteiger partial charge on any atom is -0.294 e. The lowest BCUT2D eigenvalue weighted by Crippen LogP contribution is -2.18. The van der Waals surface area contributed by atoms with Gasteiger partial charge in [0.25, 0.3) is 0 Å². The van der Waals surface area contributed by atoms with Crippen LogP contribution in [-0.2, 0) is 15.7 Å². The Hall–Kier alpha value is 0.0200. The molecule has 0 aliphatic carbocycles. The Balaban J connectivity index is 3.51. The standard InChI is InChI=1S/C7H15OS/c1-6(2)7(8)5-9(3)4/h6H,5H2,1-4H3/q+1. The van der Waals surface area contributed by atoms with Crippen LogP contribution in [0.4, 0.5) is 0 Å². The van der Waals surface area contributed by atoms with Gasteiger partial charge < -0.3 is 0 Å². The Bertz CT molecular complexity index is 97.1. The van der Waals surface area contributed by atoms with Gasteiger partial charge in [0, 0.05) is 5.92 Å². The van der Waals surface area contributed by atoms with Crippen LogP contribution in [0.2, 0.25) is 0 Å². The first-order chi connectivity index (χ1) is 4.04. The van der Waals surface area contributed by atoms with Crippen LogP contribution < -0.4 is 0 Å². The summed E-state index contributed by atoms with van der Waals surface area (Å²) in [5, 5.41) is 0. The first kappa shape index (κ1) is 9.02. The predicted octanol–water partition coefficient (Wildman–Crippen LogP) is 1.09. The molecule has 0 amide bonds. The normalized spacial score (nSPS) is 10.9. The van der Waals surface area contributed by atoms with Gasteiger partial charge in [0.15, 0.2) is 11.5 Å². The number of Topliss-reactive ketones (excluding diaryl/α,β-unsaturated/α-hetero) is 1. The average molecular weight is 147 g/mol. The highest BCUT2D eigenvalue weighted by atomic mass is 32.2. The van der Waals surface area contributed by atoms with Crippen LogP contribution in [0.3, 0.4) is 0 Å². The largest absolute Gasteiger partial charge is 0.294 e. The van der Waals surface area contributed by atoms with Crippen LogP contribution in [-0.4, -0.2) is 24.0 Å². The molecule has 0 spiro atoms.